The zero-order chi connectivity index (χ0) is 10.1. The predicted molar refractivity (Wildman–Crippen MR) is 62.0 cm³/mol. The molecular formula is C13H26. The summed E-state index contributed by atoms with van der Waals surface area (Å²) >= 11 is 0. The van der Waals surface area contributed by atoms with Gasteiger partial charge in [-0.25, -0.2) is 0 Å². The van der Waals surface area contributed by atoms with Crippen LogP contribution >= 0.6 is 0 Å². The predicted octanol–water partition coefficient (Wildman–Crippen LogP) is 4.95. The minimum Gasteiger partial charge on any atom is -0.0999 e. The zero-order valence-corrected chi connectivity index (χ0v) is 9.73. The van der Waals surface area contributed by atoms with E-state index < -0.39 is 0 Å². The van der Waals surface area contributed by atoms with E-state index in [9.17, 15) is 0 Å². The number of hydrogen-bond acceptors (Lipinski definition) is 0. The van der Waals surface area contributed by atoms with Gasteiger partial charge in [-0.2, -0.15) is 0 Å². The van der Waals surface area contributed by atoms with E-state index in [-0.39, 0.29) is 0 Å². The summed E-state index contributed by atoms with van der Waals surface area (Å²) in [6.07, 6.45) is 9.18. The summed E-state index contributed by atoms with van der Waals surface area (Å²) in [6.45, 7) is 11.0. The summed E-state index contributed by atoms with van der Waals surface area (Å²) in [4.78, 5) is 0. The van der Waals surface area contributed by atoms with E-state index in [2.05, 4.69) is 27.4 Å². The van der Waals surface area contributed by atoms with Crippen LogP contribution in [0, 0.1) is 5.92 Å². The van der Waals surface area contributed by atoms with Crippen LogP contribution in [0.15, 0.2) is 12.2 Å². The zero-order valence-electron chi connectivity index (χ0n) is 9.73. The Hall–Kier alpha value is -0.260. The van der Waals surface area contributed by atoms with E-state index in [0.717, 1.165) is 5.92 Å². The third kappa shape index (κ3) is 8.08. The van der Waals surface area contributed by atoms with Gasteiger partial charge in [0.1, 0.15) is 0 Å². The molecule has 0 heterocycles. The Balaban J connectivity index is 3.38. The fourth-order valence-electron chi connectivity index (χ4n) is 1.81. The van der Waals surface area contributed by atoms with Gasteiger partial charge in [-0.05, 0) is 25.2 Å². The summed E-state index contributed by atoms with van der Waals surface area (Å²) in [5.41, 5.74) is 1.47. The van der Waals surface area contributed by atoms with Gasteiger partial charge in [-0.15, -0.1) is 0 Å². The maximum Gasteiger partial charge on any atom is -0.0297 e. The van der Waals surface area contributed by atoms with Gasteiger partial charge in [0.25, 0.3) is 0 Å². The molecule has 0 fully saturated rings. The molecule has 1 unspecified atom stereocenters. The average Bonchev–Trinajstić information content (AvgIpc) is 2.05. The molecule has 0 heteroatoms. The van der Waals surface area contributed by atoms with Crippen molar-refractivity contribution in [2.75, 3.05) is 0 Å². The lowest BCUT2D eigenvalue weighted by Crippen LogP contribution is -1.96. The first kappa shape index (κ1) is 12.7. The maximum atomic E-state index is 4.15. The van der Waals surface area contributed by atoms with Gasteiger partial charge in [0, 0.05) is 0 Å². The third-order valence-corrected chi connectivity index (χ3v) is 2.55. The van der Waals surface area contributed by atoms with E-state index in [1.54, 1.807) is 0 Å². The average molecular weight is 182 g/mol. The molecule has 78 valence electrons. The molecular weight excluding hydrogens is 156 g/mol. The van der Waals surface area contributed by atoms with E-state index in [0.29, 0.717) is 0 Å². The van der Waals surface area contributed by atoms with Gasteiger partial charge in [-0.3, -0.25) is 0 Å². The second-order valence-electron chi connectivity index (χ2n) is 4.31. The molecule has 0 aromatic rings. The van der Waals surface area contributed by atoms with Crippen molar-refractivity contribution in [1.82, 2.24) is 0 Å². The molecule has 0 saturated carbocycles. The normalized spacial score (nSPS) is 12.8. The van der Waals surface area contributed by atoms with E-state index in [1.165, 1.54) is 50.5 Å². The van der Waals surface area contributed by atoms with Crippen LogP contribution in [0.5, 0.6) is 0 Å². The van der Waals surface area contributed by atoms with Crippen LogP contribution in [-0.2, 0) is 0 Å². The highest BCUT2D eigenvalue weighted by Crippen LogP contribution is 2.19. The highest BCUT2D eigenvalue weighted by molar-refractivity contribution is 4.94. The third-order valence-electron chi connectivity index (χ3n) is 2.55. The smallest absolute Gasteiger partial charge is 0.0297 e. The number of rotatable bonds is 8. The number of hydrogen-bond donors (Lipinski definition) is 0. The van der Waals surface area contributed by atoms with Crippen molar-refractivity contribution >= 4 is 0 Å². The topological polar surface area (TPSA) is 0 Å². The molecule has 0 rings (SSSR count). The van der Waals surface area contributed by atoms with E-state index in [1.807, 2.05) is 0 Å². The second-order valence-corrected chi connectivity index (χ2v) is 4.31. The van der Waals surface area contributed by atoms with Crippen molar-refractivity contribution < 1.29 is 0 Å². The SMILES string of the molecule is C=C(CCCCC)CC(C)CCC. The molecule has 13 heavy (non-hydrogen) atoms. The quantitative estimate of drug-likeness (QED) is 0.368. The first-order chi connectivity index (χ1) is 6.20. The molecule has 0 aliphatic carbocycles. The Morgan fingerprint density at radius 2 is 1.85 bits per heavy atom. The van der Waals surface area contributed by atoms with Crippen LogP contribution in [0.3, 0.4) is 0 Å². The van der Waals surface area contributed by atoms with Crippen molar-refractivity contribution in [3.05, 3.63) is 12.2 Å². The summed E-state index contributed by atoms with van der Waals surface area (Å²) in [5, 5.41) is 0. The van der Waals surface area contributed by atoms with Crippen molar-refractivity contribution in [3.8, 4) is 0 Å². The van der Waals surface area contributed by atoms with Gasteiger partial charge in [-0.1, -0.05) is 58.6 Å². The molecule has 0 saturated heterocycles. The molecule has 0 nitrogen and oxygen atoms in total. The maximum absolute atomic E-state index is 4.15. The Labute approximate surface area is 84.4 Å². The molecule has 0 amide bonds. The fourth-order valence-corrected chi connectivity index (χ4v) is 1.81. The molecule has 0 bridgehead atoms. The molecule has 0 aliphatic rings. The number of unbranched alkanes of at least 4 members (excludes halogenated alkanes) is 2. The van der Waals surface area contributed by atoms with Crippen LogP contribution < -0.4 is 0 Å². The van der Waals surface area contributed by atoms with Crippen molar-refractivity contribution in [1.29, 1.82) is 0 Å². The van der Waals surface area contributed by atoms with Gasteiger partial charge < -0.3 is 0 Å². The van der Waals surface area contributed by atoms with Crippen LogP contribution in [-0.4, -0.2) is 0 Å². The van der Waals surface area contributed by atoms with Crippen LogP contribution in [0.2, 0.25) is 0 Å². The number of allylic oxidation sites excluding steroid dienone is 1. The van der Waals surface area contributed by atoms with Crippen LogP contribution in [0.4, 0.5) is 0 Å². The van der Waals surface area contributed by atoms with Crippen molar-refractivity contribution in [2.45, 2.75) is 65.7 Å². The highest BCUT2D eigenvalue weighted by Gasteiger charge is 2.02. The van der Waals surface area contributed by atoms with E-state index >= 15 is 0 Å². The van der Waals surface area contributed by atoms with Crippen LogP contribution in [0.25, 0.3) is 0 Å². The van der Waals surface area contributed by atoms with Crippen molar-refractivity contribution in [2.24, 2.45) is 5.92 Å². The Morgan fingerprint density at radius 1 is 1.15 bits per heavy atom. The molecule has 0 aromatic carbocycles. The van der Waals surface area contributed by atoms with Crippen molar-refractivity contribution in [3.63, 3.8) is 0 Å². The molecule has 1 atom stereocenters. The van der Waals surface area contributed by atoms with Gasteiger partial charge >= 0.3 is 0 Å². The van der Waals surface area contributed by atoms with Gasteiger partial charge in [0.15, 0.2) is 0 Å². The van der Waals surface area contributed by atoms with Gasteiger partial charge in [0.2, 0.25) is 0 Å². The molecule has 0 aromatic heterocycles. The minimum absolute atomic E-state index is 0.846. The first-order valence-corrected chi connectivity index (χ1v) is 5.87. The molecule has 0 radical (unpaired) electrons. The Bertz CT molecular complexity index is 124. The monoisotopic (exact) mass is 182 g/mol. The van der Waals surface area contributed by atoms with Gasteiger partial charge in [0.05, 0.1) is 0 Å². The largest absolute Gasteiger partial charge is 0.0999 e. The standard InChI is InChI=1S/C13H26/c1-5-7-8-10-13(4)11-12(3)9-6-2/h12H,4-11H2,1-3H3. The molecule has 0 spiro atoms. The lowest BCUT2D eigenvalue weighted by Gasteiger charge is -2.11. The first-order valence-electron chi connectivity index (χ1n) is 5.87. The Morgan fingerprint density at radius 3 is 2.38 bits per heavy atom. The van der Waals surface area contributed by atoms with E-state index in [4.69, 9.17) is 0 Å². The minimum atomic E-state index is 0.846. The molecule has 0 N–H and O–H groups in total. The summed E-state index contributed by atoms with van der Waals surface area (Å²) in [7, 11) is 0. The summed E-state index contributed by atoms with van der Waals surface area (Å²) < 4.78 is 0. The highest BCUT2D eigenvalue weighted by atomic mass is 14.1. The summed E-state index contributed by atoms with van der Waals surface area (Å²) in [6, 6.07) is 0. The lowest BCUT2D eigenvalue weighted by atomic mass is 9.95. The molecule has 0 aliphatic heterocycles. The Kier molecular flexibility index (Phi) is 8.18. The summed E-state index contributed by atoms with van der Waals surface area (Å²) in [5.74, 6) is 0.846. The van der Waals surface area contributed by atoms with Crippen LogP contribution in [0.1, 0.15) is 65.7 Å². The lowest BCUT2D eigenvalue weighted by molar-refractivity contribution is 0.509. The second kappa shape index (κ2) is 8.34. The fraction of sp³-hybridized carbons (Fsp3) is 0.846.